The predicted octanol–water partition coefficient (Wildman–Crippen LogP) is 7.68. The van der Waals surface area contributed by atoms with Crippen molar-refractivity contribution in [3.63, 3.8) is 0 Å². The van der Waals surface area contributed by atoms with E-state index in [1.165, 1.54) is 0 Å². The Balaban J connectivity index is 1.88. The second kappa shape index (κ2) is 13.3. The van der Waals surface area contributed by atoms with Crippen LogP contribution in [0, 0.1) is 0 Å². The fourth-order valence-electron chi connectivity index (χ4n) is 7.21. The Bertz CT molecular complexity index is 742. The van der Waals surface area contributed by atoms with Gasteiger partial charge in [-0.2, -0.15) is 0 Å². The van der Waals surface area contributed by atoms with E-state index in [1.807, 2.05) is 6.08 Å². The molecular formula is C30H58O6Si2. The molecule has 222 valence electrons. The van der Waals surface area contributed by atoms with Crippen LogP contribution >= 0.6 is 0 Å². The minimum Gasteiger partial charge on any atom is -0.410 e. The zero-order valence-corrected chi connectivity index (χ0v) is 27.6. The molecule has 0 saturated carbocycles. The summed E-state index contributed by atoms with van der Waals surface area (Å²) in [6.07, 6.45) is 8.65. The Morgan fingerprint density at radius 1 is 0.868 bits per heavy atom. The summed E-state index contributed by atoms with van der Waals surface area (Å²) in [4.78, 5) is 0. The molecule has 2 spiro atoms. The van der Waals surface area contributed by atoms with Gasteiger partial charge in [-0.1, -0.05) is 47.6 Å². The Hall–Kier alpha value is -0.0662. The van der Waals surface area contributed by atoms with Gasteiger partial charge in [0.05, 0.1) is 24.9 Å². The molecule has 6 atom stereocenters. The van der Waals surface area contributed by atoms with Gasteiger partial charge in [-0.05, 0) is 68.9 Å². The van der Waals surface area contributed by atoms with E-state index in [9.17, 15) is 5.11 Å². The highest BCUT2D eigenvalue weighted by atomic mass is 28.4. The maximum atomic E-state index is 9.86. The molecule has 0 bridgehead atoms. The molecule has 0 aromatic heterocycles. The fraction of sp³-hybridized carbons (Fsp3) is 0.933. The second-order valence-corrected chi connectivity index (χ2v) is 21.7. The summed E-state index contributed by atoms with van der Waals surface area (Å²) in [5, 5.41) is 9.86. The van der Waals surface area contributed by atoms with Crippen molar-refractivity contribution in [3.05, 3.63) is 12.7 Å². The zero-order chi connectivity index (χ0) is 28.1. The van der Waals surface area contributed by atoms with E-state index in [4.69, 9.17) is 23.1 Å². The first-order chi connectivity index (χ1) is 18.1. The first-order valence-electron chi connectivity index (χ1n) is 15.8. The lowest BCUT2D eigenvalue weighted by atomic mass is 9.82. The first-order valence-corrected chi connectivity index (χ1v) is 20.8. The van der Waals surface area contributed by atoms with Crippen molar-refractivity contribution in [2.24, 2.45) is 0 Å². The molecule has 0 aromatic carbocycles. The van der Waals surface area contributed by atoms with Crippen LogP contribution in [0.15, 0.2) is 12.7 Å². The van der Waals surface area contributed by atoms with Gasteiger partial charge >= 0.3 is 0 Å². The van der Waals surface area contributed by atoms with Crippen molar-refractivity contribution in [1.82, 2.24) is 0 Å². The number of hydrogen-bond donors (Lipinski definition) is 1. The van der Waals surface area contributed by atoms with Crippen molar-refractivity contribution in [2.45, 2.75) is 172 Å². The number of ether oxygens (including phenoxy) is 3. The van der Waals surface area contributed by atoms with Crippen molar-refractivity contribution in [3.8, 4) is 0 Å². The maximum Gasteiger partial charge on any atom is 0.199 e. The largest absolute Gasteiger partial charge is 0.410 e. The molecule has 0 aromatic rings. The lowest BCUT2D eigenvalue weighted by Gasteiger charge is -2.55. The number of aliphatic hydroxyl groups is 1. The first kappa shape index (κ1) is 32.4. The van der Waals surface area contributed by atoms with Crippen LogP contribution in [-0.2, 0) is 23.1 Å². The number of hydrogen-bond acceptors (Lipinski definition) is 6. The van der Waals surface area contributed by atoms with Gasteiger partial charge < -0.3 is 28.2 Å². The maximum absolute atomic E-state index is 9.86. The molecule has 3 heterocycles. The molecule has 1 unspecified atom stereocenters. The van der Waals surface area contributed by atoms with Gasteiger partial charge in [-0.3, -0.25) is 0 Å². The average molecular weight is 571 g/mol. The lowest BCUT2D eigenvalue weighted by molar-refractivity contribution is -0.399. The van der Waals surface area contributed by atoms with Crippen LogP contribution in [0.1, 0.15) is 99.8 Å². The summed E-state index contributed by atoms with van der Waals surface area (Å²) in [5.41, 5.74) is -0.532. The van der Waals surface area contributed by atoms with Gasteiger partial charge in [-0.25, -0.2) is 0 Å². The molecule has 3 aliphatic heterocycles. The molecule has 0 aliphatic carbocycles. The average Bonchev–Trinajstić information content (AvgIpc) is 3.30. The van der Waals surface area contributed by atoms with E-state index in [-0.39, 0.29) is 24.9 Å². The molecule has 0 amide bonds. The standard InChI is InChI=1S/C30H58O6Si2/c1-9-25(34-37(10-2,11-3)12-4)23-26-18-20-28(8,36-38(13-5,14-6)15-7)30(33-26)22-21-29(35-30)19-16-17-27(24-31)32-29/h9,25-27,31H,1,10-24H2,2-8H3/t25?,26-,27+,28+,29+,30+/m0/s1. The quantitative estimate of drug-likeness (QED) is 0.171. The van der Waals surface area contributed by atoms with E-state index in [0.29, 0.717) is 0 Å². The Labute approximate surface area is 235 Å². The smallest absolute Gasteiger partial charge is 0.199 e. The Morgan fingerprint density at radius 3 is 2.05 bits per heavy atom. The number of aliphatic hydroxyl groups excluding tert-OH is 1. The second-order valence-electron chi connectivity index (χ2n) is 12.3. The summed E-state index contributed by atoms with van der Waals surface area (Å²) >= 11 is 0. The van der Waals surface area contributed by atoms with Crippen LogP contribution in [0.2, 0.25) is 36.3 Å². The predicted molar refractivity (Wildman–Crippen MR) is 159 cm³/mol. The highest BCUT2D eigenvalue weighted by Crippen LogP contribution is 2.56. The molecule has 3 fully saturated rings. The Kier molecular flexibility index (Phi) is 11.3. The van der Waals surface area contributed by atoms with Gasteiger partial charge in [0.15, 0.2) is 28.2 Å². The van der Waals surface area contributed by atoms with Crippen LogP contribution < -0.4 is 0 Å². The summed E-state index contributed by atoms with van der Waals surface area (Å²) in [5.74, 6) is -1.55. The van der Waals surface area contributed by atoms with Crippen LogP contribution in [0.5, 0.6) is 0 Å². The normalized spacial score (nSPS) is 35.2. The van der Waals surface area contributed by atoms with E-state index in [0.717, 1.165) is 87.6 Å². The summed E-state index contributed by atoms with van der Waals surface area (Å²) < 4.78 is 34.7. The lowest BCUT2D eigenvalue weighted by Crippen LogP contribution is -2.65. The third kappa shape index (κ3) is 6.53. The van der Waals surface area contributed by atoms with E-state index in [1.54, 1.807) is 0 Å². The molecule has 1 N–H and O–H groups in total. The monoisotopic (exact) mass is 570 g/mol. The molecule has 38 heavy (non-hydrogen) atoms. The van der Waals surface area contributed by atoms with Crippen LogP contribution in [-0.4, -0.2) is 63.8 Å². The fourth-order valence-corrected chi connectivity index (χ4v) is 13.2. The summed E-state index contributed by atoms with van der Waals surface area (Å²) in [6.45, 7) is 20.1. The van der Waals surface area contributed by atoms with E-state index < -0.39 is 33.8 Å². The van der Waals surface area contributed by atoms with Crippen molar-refractivity contribution >= 4 is 16.6 Å². The third-order valence-corrected chi connectivity index (χ3v) is 19.8. The van der Waals surface area contributed by atoms with Crippen LogP contribution in [0.25, 0.3) is 0 Å². The molecular weight excluding hydrogens is 512 g/mol. The van der Waals surface area contributed by atoms with Gasteiger partial charge in [-0.15, -0.1) is 6.58 Å². The van der Waals surface area contributed by atoms with Crippen molar-refractivity contribution < 1.29 is 28.2 Å². The molecule has 3 saturated heterocycles. The van der Waals surface area contributed by atoms with Gasteiger partial charge in [0, 0.05) is 25.7 Å². The van der Waals surface area contributed by atoms with Crippen LogP contribution in [0.4, 0.5) is 0 Å². The molecule has 8 heteroatoms. The molecule has 3 rings (SSSR count). The molecule has 3 aliphatic rings. The summed E-state index contributed by atoms with van der Waals surface area (Å²) in [6, 6.07) is 6.64. The minimum atomic E-state index is -1.94. The highest BCUT2D eigenvalue weighted by molar-refractivity contribution is 6.74. The number of rotatable bonds is 14. The highest BCUT2D eigenvalue weighted by Gasteiger charge is 2.65. The zero-order valence-electron chi connectivity index (χ0n) is 25.6. The van der Waals surface area contributed by atoms with Gasteiger partial charge in [0.1, 0.15) is 5.60 Å². The Morgan fingerprint density at radius 2 is 1.50 bits per heavy atom. The van der Waals surface area contributed by atoms with Gasteiger partial charge in [0.25, 0.3) is 0 Å². The third-order valence-electron chi connectivity index (χ3n) is 10.4. The minimum absolute atomic E-state index is 0.00991. The van der Waals surface area contributed by atoms with Crippen molar-refractivity contribution in [2.75, 3.05) is 6.61 Å². The topological polar surface area (TPSA) is 66.4 Å². The van der Waals surface area contributed by atoms with Crippen LogP contribution in [0.3, 0.4) is 0 Å². The summed E-state index contributed by atoms with van der Waals surface area (Å²) in [7, 11) is -3.70. The van der Waals surface area contributed by atoms with Crippen molar-refractivity contribution in [1.29, 1.82) is 0 Å². The molecule has 6 nitrogen and oxygen atoms in total. The molecule has 0 radical (unpaired) electrons. The van der Waals surface area contributed by atoms with E-state index >= 15 is 0 Å². The van der Waals surface area contributed by atoms with Gasteiger partial charge in [0.2, 0.25) is 0 Å². The SMILES string of the molecule is C=CC(C[C@@H]1CC[C@@](C)(O[Si](CC)(CC)CC)[C@]2(CC[C@@]3(CCC[C@H](CO)O3)O2)O1)O[Si](CC)(CC)CC. The van der Waals surface area contributed by atoms with E-state index in [2.05, 4.69) is 55.0 Å².